The second kappa shape index (κ2) is 6.24. The first-order valence-corrected chi connectivity index (χ1v) is 7.11. The monoisotopic (exact) mass is 355 g/mol. The van der Waals surface area contributed by atoms with Gasteiger partial charge in [-0.25, -0.2) is 0 Å². The number of hydrogen-bond donors (Lipinski definition) is 0. The maximum absolute atomic E-state index is 10.7. The van der Waals surface area contributed by atoms with Crippen molar-refractivity contribution in [3.05, 3.63) is 62.1 Å². The van der Waals surface area contributed by atoms with Crippen LogP contribution in [0, 0.1) is 17.0 Å². The van der Waals surface area contributed by atoms with Gasteiger partial charge in [0.25, 0.3) is 5.69 Å². The first-order chi connectivity index (χ1) is 9.51. The Morgan fingerprint density at radius 2 is 1.95 bits per heavy atom. The van der Waals surface area contributed by atoms with Crippen LogP contribution in [-0.4, -0.2) is 4.92 Å². The van der Waals surface area contributed by atoms with Gasteiger partial charge in [-0.1, -0.05) is 6.07 Å². The van der Waals surface area contributed by atoms with E-state index in [1.807, 2.05) is 18.2 Å². The molecule has 0 N–H and O–H groups in total. The van der Waals surface area contributed by atoms with Gasteiger partial charge in [0.15, 0.2) is 0 Å². The highest BCUT2D eigenvalue weighted by atomic mass is 79.9. The zero-order valence-electron chi connectivity index (χ0n) is 10.6. The van der Waals surface area contributed by atoms with Crippen LogP contribution in [0.25, 0.3) is 0 Å². The van der Waals surface area contributed by atoms with E-state index >= 15 is 0 Å². The lowest BCUT2D eigenvalue weighted by atomic mass is 10.2. The molecule has 0 bridgehead atoms. The van der Waals surface area contributed by atoms with Crippen LogP contribution in [0.1, 0.15) is 11.1 Å². The van der Waals surface area contributed by atoms with Crippen LogP contribution in [0.5, 0.6) is 11.5 Å². The Morgan fingerprint density at radius 1 is 1.25 bits per heavy atom. The molecule has 2 aromatic carbocycles. The van der Waals surface area contributed by atoms with E-state index in [-0.39, 0.29) is 5.69 Å². The third kappa shape index (κ3) is 3.29. The van der Waals surface area contributed by atoms with Gasteiger partial charge >= 0.3 is 0 Å². The minimum atomic E-state index is -0.429. The molecular formula is C14H11BrClNO3. The van der Waals surface area contributed by atoms with Crippen LogP contribution >= 0.6 is 27.5 Å². The third-order valence-corrected chi connectivity index (χ3v) is 3.67. The molecule has 6 heteroatoms. The maximum atomic E-state index is 10.7. The van der Waals surface area contributed by atoms with Crippen molar-refractivity contribution in [2.45, 2.75) is 12.8 Å². The summed E-state index contributed by atoms with van der Waals surface area (Å²) in [4.78, 5) is 10.3. The Bertz CT molecular complexity index is 661. The number of nitro groups is 1. The summed E-state index contributed by atoms with van der Waals surface area (Å²) < 4.78 is 6.55. The first kappa shape index (κ1) is 14.8. The molecule has 0 atom stereocenters. The Morgan fingerprint density at radius 3 is 2.50 bits per heavy atom. The molecule has 0 saturated carbocycles. The summed E-state index contributed by atoms with van der Waals surface area (Å²) in [5.74, 6) is 1.64. The molecule has 4 nitrogen and oxygen atoms in total. The molecule has 0 saturated heterocycles. The van der Waals surface area contributed by atoms with Gasteiger partial charge in [-0.15, -0.1) is 11.6 Å². The van der Waals surface area contributed by atoms with E-state index < -0.39 is 4.92 Å². The quantitative estimate of drug-likeness (QED) is 0.430. The fourth-order valence-corrected chi connectivity index (χ4v) is 2.36. The number of aryl methyl sites for hydroxylation is 1. The Labute approximate surface area is 129 Å². The third-order valence-electron chi connectivity index (χ3n) is 2.74. The lowest BCUT2D eigenvalue weighted by molar-refractivity contribution is -0.384. The van der Waals surface area contributed by atoms with Gasteiger partial charge in [-0.2, -0.15) is 0 Å². The molecule has 0 amide bonds. The van der Waals surface area contributed by atoms with Crippen LogP contribution in [0.2, 0.25) is 0 Å². The van der Waals surface area contributed by atoms with Crippen LogP contribution in [0.4, 0.5) is 5.69 Å². The summed E-state index contributed by atoms with van der Waals surface area (Å²) in [6.45, 7) is 1.77. The predicted octanol–water partition coefficient (Wildman–Crippen LogP) is 5.20. The van der Waals surface area contributed by atoms with Crippen LogP contribution in [0.15, 0.2) is 40.9 Å². The minimum Gasteiger partial charge on any atom is -0.456 e. The van der Waals surface area contributed by atoms with E-state index in [2.05, 4.69) is 15.9 Å². The topological polar surface area (TPSA) is 52.4 Å². The van der Waals surface area contributed by atoms with E-state index in [1.165, 1.54) is 12.1 Å². The zero-order chi connectivity index (χ0) is 14.7. The largest absolute Gasteiger partial charge is 0.456 e. The predicted molar refractivity (Wildman–Crippen MR) is 81.6 cm³/mol. The zero-order valence-corrected chi connectivity index (χ0v) is 12.9. The number of nitrogens with zero attached hydrogens (tertiary/aromatic N) is 1. The van der Waals surface area contributed by atoms with Crippen molar-refractivity contribution < 1.29 is 9.66 Å². The molecule has 104 valence electrons. The van der Waals surface area contributed by atoms with Crippen molar-refractivity contribution in [2.75, 3.05) is 0 Å². The molecule has 2 rings (SSSR count). The fraction of sp³-hybridized carbons (Fsp3) is 0.143. The average Bonchev–Trinajstić information content (AvgIpc) is 2.42. The van der Waals surface area contributed by atoms with E-state index in [9.17, 15) is 10.1 Å². The van der Waals surface area contributed by atoms with Gasteiger partial charge in [-0.05, 0) is 52.2 Å². The van der Waals surface area contributed by atoms with Crippen molar-refractivity contribution in [1.82, 2.24) is 0 Å². The molecule has 20 heavy (non-hydrogen) atoms. The second-order valence-electron chi connectivity index (χ2n) is 4.21. The van der Waals surface area contributed by atoms with Gasteiger partial charge in [0.2, 0.25) is 0 Å². The van der Waals surface area contributed by atoms with Crippen molar-refractivity contribution in [3.8, 4) is 11.5 Å². The number of hydrogen-bond acceptors (Lipinski definition) is 3. The molecule has 0 fully saturated rings. The highest BCUT2D eigenvalue weighted by molar-refractivity contribution is 9.10. The SMILES string of the molecule is Cc1cc([N+](=O)[O-])ccc1Oc1ccc(CCl)cc1Br. The standard InChI is InChI=1S/C14H11BrClNO3/c1-9-6-11(17(18)19)3-5-13(9)20-14-4-2-10(8-16)7-12(14)15/h2-7H,8H2,1H3. The van der Waals surface area contributed by atoms with Crippen molar-refractivity contribution in [2.24, 2.45) is 0 Å². The number of halogens is 2. The van der Waals surface area contributed by atoms with Crippen LogP contribution in [-0.2, 0) is 5.88 Å². The summed E-state index contributed by atoms with van der Waals surface area (Å²) in [6.07, 6.45) is 0. The van der Waals surface area contributed by atoms with Crippen LogP contribution in [0.3, 0.4) is 0 Å². The van der Waals surface area contributed by atoms with E-state index in [4.69, 9.17) is 16.3 Å². The van der Waals surface area contributed by atoms with Crippen LogP contribution < -0.4 is 4.74 Å². The van der Waals surface area contributed by atoms with Gasteiger partial charge in [0, 0.05) is 18.0 Å². The second-order valence-corrected chi connectivity index (χ2v) is 5.33. The Kier molecular flexibility index (Phi) is 4.62. The number of benzene rings is 2. The molecule has 0 aromatic heterocycles. The van der Waals surface area contributed by atoms with Gasteiger partial charge in [-0.3, -0.25) is 10.1 Å². The minimum absolute atomic E-state index is 0.0476. The number of nitro benzene ring substituents is 1. The van der Waals surface area contributed by atoms with E-state index in [1.54, 1.807) is 13.0 Å². The van der Waals surface area contributed by atoms with Gasteiger partial charge < -0.3 is 4.74 Å². The van der Waals surface area contributed by atoms with Crippen molar-refractivity contribution >= 4 is 33.2 Å². The van der Waals surface area contributed by atoms with Crippen molar-refractivity contribution in [3.63, 3.8) is 0 Å². The summed E-state index contributed by atoms with van der Waals surface area (Å²) in [6, 6.07) is 10.1. The highest BCUT2D eigenvalue weighted by Crippen LogP contribution is 2.33. The van der Waals surface area contributed by atoms with Gasteiger partial charge in [0.05, 0.1) is 9.40 Å². The lowest BCUT2D eigenvalue weighted by Gasteiger charge is -2.10. The lowest BCUT2D eigenvalue weighted by Crippen LogP contribution is -1.92. The van der Waals surface area contributed by atoms with E-state index in [0.29, 0.717) is 22.9 Å². The van der Waals surface area contributed by atoms with Gasteiger partial charge in [0.1, 0.15) is 11.5 Å². The summed E-state index contributed by atoms with van der Waals surface area (Å²) in [5.41, 5.74) is 1.73. The molecular weight excluding hydrogens is 346 g/mol. The number of non-ortho nitro benzene ring substituents is 1. The number of rotatable bonds is 4. The number of alkyl halides is 1. The molecule has 0 aliphatic carbocycles. The highest BCUT2D eigenvalue weighted by Gasteiger charge is 2.11. The Hall–Kier alpha value is -1.59. The smallest absolute Gasteiger partial charge is 0.269 e. The fourth-order valence-electron chi connectivity index (χ4n) is 1.69. The molecule has 0 unspecified atom stereocenters. The van der Waals surface area contributed by atoms with Crippen molar-refractivity contribution in [1.29, 1.82) is 0 Å². The average molecular weight is 357 g/mol. The molecule has 0 aliphatic rings. The summed E-state index contributed by atoms with van der Waals surface area (Å²) in [7, 11) is 0. The maximum Gasteiger partial charge on any atom is 0.269 e. The molecule has 0 aliphatic heterocycles. The number of ether oxygens (including phenoxy) is 1. The first-order valence-electron chi connectivity index (χ1n) is 5.78. The normalized spacial score (nSPS) is 10.3. The summed E-state index contributed by atoms with van der Waals surface area (Å²) >= 11 is 9.17. The Balaban J connectivity index is 2.28. The van der Waals surface area contributed by atoms with E-state index in [0.717, 1.165) is 10.0 Å². The molecule has 0 radical (unpaired) electrons. The molecule has 0 heterocycles. The summed E-state index contributed by atoms with van der Waals surface area (Å²) in [5, 5.41) is 10.7. The molecule has 2 aromatic rings. The molecule has 0 spiro atoms.